The SMILES string of the molecule is CNCc1c(-c2ccc(O[C@H]3CCC[C@H](C(=O)OC)C3)c(C)n2)nnn1C. The highest BCUT2D eigenvalue weighted by atomic mass is 16.5. The van der Waals surface area contributed by atoms with Crippen molar-refractivity contribution in [3.05, 3.63) is 23.5 Å². The third-order valence-corrected chi connectivity index (χ3v) is 5.02. The molecule has 8 heteroatoms. The molecule has 0 unspecified atom stereocenters. The zero-order valence-electron chi connectivity index (χ0n) is 16.4. The van der Waals surface area contributed by atoms with Crippen molar-refractivity contribution in [2.24, 2.45) is 13.0 Å². The second-order valence-corrected chi connectivity index (χ2v) is 6.95. The van der Waals surface area contributed by atoms with Crippen LogP contribution in [0.1, 0.15) is 37.1 Å². The van der Waals surface area contributed by atoms with Gasteiger partial charge >= 0.3 is 5.97 Å². The van der Waals surface area contributed by atoms with Gasteiger partial charge in [0.15, 0.2) is 0 Å². The summed E-state index contributed by atoms with van der Waals surface area (Å²) >= 11 is 0. The number of aromatic nitrogens is 4. The lowest BCUT2D eigenvalue weighted by atomic mass is 9.87. The second kappa shape index (κ2) is 8.47. The predicted molar refractivity (Wildman–Crippen MR) is 100 cm³/mol. The molecule has 0 amide bonds. The fraction of sp³-hybridized carbons (Fsp3) is 0.579. The maximum Gasteiger partial charge on any atom is 0.308 e. The normalized spacial score (nSPS) is 19.7. The van der Waals surface area contributed by atoms with Crippen LogP contribution in [0.4, 0.5) is 0 Å². The number of hydrogen-bond acceptors (Lipinski definition) is 7. The van der Waals surface area contributed by atoms with E-state index in [2.05, 4.69) is 20.6 Å². The monoisotopic (exact) mass is 373 g/mol. The van der Waals surface area contributed by atoms with Crippen LogP contribution in [-0.4, -0.2) is 46.2 Å². The van der Waals surface area contributed by atoms with Crippen LogP contribution < -0.4 is 10.1 Å². The number of carbonyl (C=O) groups excluding carboxylic acids is 1. The summed E-state index contributed by atoms with van der Waals surface area (Å²) in [4.78, 5) is 16.5. The minimum atomic E-state index is -0.145. The number of pyridine rings is 1. The molecule has 0 aliphatic heterocycles. The Hall–Kier alpha value is -2.48. The fourth-order valence-electron chi connectivity index (χ4n) is 3.56. The highest BCUT2D eigenvalue weighted by molar-refractivity contribution is 5.72. The van der Waals surface area contributed by atoms with E-state index in [0.717, 1.165) is 47.8 Å². The van der Waals surface area contributed by atoms with E-state index >= 15 is 0 Å². The summed E-state index contributed by atoms with van der Waals surface area (Å²) in [6.45, 7) is 2.59. The van der Waals surface area contributed by atoms with Gasteiger partial charge in [-0.2, -0.15) is 0 Å². The van der Waals surface area contributed by atoms with Crippen LogP contribution in [0, 0.1) is 12.8 Å². The first-order valence-corrected chi connectivity index (χ1v) is 9.29. The van der Waals surface area contributed by atoms with E-state index < -0.39 is 0 Å². The van der Waals surface area contributed by atoms with E-state index in [1.807, 2.05) is 33.2 Å². The molecule has 1 aliphatic carbocycles. The Kier molecular flexibility index (Phi) is 6.05. The van der Waals surface area contributed by atoms with Gasteiger partial charge in [-0.25, -0.2) is 4.98 Å². The van der Waals surface area contributed by atoms with Crippen LogP contribution in [-0.2, 0) is 23.1 Å². The Balaban J connectivity index is 1.75. The van der Waals surface area contributed by atoms with Gasteiger partial charge in [0.2, 0.25) is 0 Å². The van der Waals surface area contributed by atoms with Crippen LogP contribution in [0.15, 0.2) is 12.1 Å². The standard InChI is InChI=1S/C19H27N5O3/c1-12-17(27-14-7-5-6-13(10-14)19(25)26-4)9-8-15(21-12)18-16(11-20-2)24(3)23-22-18/h8-9,13-14,20H,5-7,10-11H2,1-4H3/t13-,14-/m0/s1. The Morgan fingerprint density at radius 1 is 1.37 bits per heavy atom. The first kappa shape index (κ1) is 19.3. The minimum Gasteiger partial charge on any atom is -0.489 e. The molecule has 1 fully saturated rings. The van der Waals surface area contributed by atoms with Gasteiger partial charge in [-0.1, -0.05) is 5.21 Å². The number of methoxy groups -OCH3 is 1. The van der Waals surface area contributed by atoms with Crippen molar-refractivity contribution in [1.82, 2.24) is 25.3 Å². The molecule has 146 valence electrons. The Morgan fingerprint density at radius 3 is 2.89 bits per heavy atom. The molecule has 1 N–H and O–H groups in total. The van der Waals surface area contributed by atoms with Crippen LogP contribution in [0.2, 0.25) is 0 Å². The molecule has 1 saturated carbocycles. The molecule has 0 aromatic carbocycles. The van der Waals surface area contributed by atoms with E-state index in [-0.39, 0.29) is 18.0 Å². The Bertz CT molecular complexity index is 805. The van der Waals surface area contributed by atoms with E-state index in [9.17, 15) is 4.79 Å². The molecule has 27 heavy (non-hydrogen) atoms. The summed E-state index contributed by atoms with van der Waals surface area (Å²) in [6, 6.07) is 3.84. The number of carbonyl (C=O) groups is 1. The molecule has 0 radical (unpaired) electrons. The number of hydrogen-bond donors (Lipinski definition) is 1. The molecule has 0 saturated heterocycles. The molecule has 0 spiro atoms. The molecule has 3 rings (SSSR count). The van der Waals surface area contributed by atoms with Gasteiger partial charge in [0.05, 0.1) is 36.2 Å². The van der Waals surface area contributed by atoms with Crippen molar-refractivity contribution in [3.8, 4) is 17.1 Å². The van der Waals surface area contributed by atoms with Gasteiger partial charge in [0.25, 0.3) is 0 Å². The van der Waals surface area contributed by atoms with Gasteiger partial charge in [0, 0.05) is 13.6 Å². The number of ether oxygens (including phenoxy) is 2. The van der Waals surface area contributed by atoms with Crippen molar-refractivity contribution in [3.63, 3.8) is 0 Å². The summed E-state index contributed by atoms with van der Waals surface area (Å²) < 4.78 is 12.8. The van der Waals surface area contributed by atoms with Crippen LogP contribution in [0.5, 0.6) is 5.75 Å². The zero-order valence-corrected chi connectivity index (χ0v) is 16.4. The van der Waals surface area contributed by atoms with Gasteiger partial charge in [-0.3, -0.25) is 9.48 Å². The highest BCUT2D eigenvalue weighted by Crippen LogP contribution is 2.30. The highest BCUT2D eigenvalue weighted by Gasteiger charge is 2.29. The smallest absolute Gasteiger partial charge is 0.308 e. The maximum absolute atomic E-state index is 11.8. The number of aryl methyl sites for hydroxylation is 2. The Morgan fingerprint density at radius 2 is 2.19 bits per heavy atom. The molecule has 2 aromatic heterocycles. The summed E-state index contributed by atoms with van der Waals surface area (Å²) in [5, 5.41) is 11.5. The van der Waals surface area contributed by atoms with Gasteiger partial charge < -0.3 is 14.8 Å². The molecule has 2 heterocycles. The molecule has 2 atom stereocenters. The van der Waals surface area contributed by atoms with E-state index in [4.69, 9.17) is 9.47 Å². The summed E-state index contributed by atoms with van der Waals surface area (Å²) in [5.74, 6) is 0.520. The van der Waals surface area contributed by atoms with E-state index in [1.165, 1.54) is 7.11 Å². The summed E-state index contributed by atoms with van der Waals surface area (Å²) in [6.07, 6.45) is 3.45. The van der Waals surface area contributed by atoms with Crippen molar-refractivity contribution in [1.29, 1.82) is 0 Å². The average molecular weight is 373 g/mol. The third-order valence-electron chi connectivity index (χ3n) is 5.02. The van der Waals surface area contributed by atoms with Gasteiger partial charge in [-0.15, -0.1) is 5.10 Å². The summed E-state index contributed by atoms with van der Waals surface area (Å²) in [5.41, 5.74) is 3.32. The number of esters is 1. The number of nitrogens with one attached hydrogen (secondary N) is 1. The quantitative estimate of drug-likeness (QED) is 0.775. The lowest BCUT2D eigenvalue weighted by Gasteiger charge is -2.28. The first-order chi connectivity index (χ1) is 13.0. The van der Waals surface area contributed by atoms with Gasteiger partial charge in [0.1, 0.15) is 11.4 Å². The van der Waals surface area contributed by atoms with Crippen LogP contribution in [0.25, 0.3) is 11.4 Å². The van der Waals surface area contributed by atoms with Crippen LogP contribution >= 0.6 is 0 Å². The van der Waals surface area contributed by atoms with Crippen molar-refractivity contribution < 1.29 is 14.3 Å². The second-order valence-electron chi connectivity index (χ2n) is 6.95. The zero-order chi connectivity index (χ0) is 19.4. The molecule has 1 aliphatic rings. The lowest BCUT2D eigenvalue weighted by molar-refractivity contribution is -0.147. The van der Waals surface area contributed by atoms with E-state index in [0.29, 0.717) is 13.0 Å². The van der Waals surface area contributed by atoms with Crippen molar-refractivity contribution in [2.75, 3.05) is 14.2 Å². The number of nitrogens with zero attached hydrogens (tertiary/aromatic N) is 4. The van der Waals surface area contributed by atoms with Gasteiger partial charge in [-0.05, 0) is 51.8 Å². The largest absolute Gasteiger partial charge is 0.489 e. The topological polar surface area (TPSA) is 91.2 Å². The molecule has 0 bridgehead atoms. The summed E-state index contributed by atoms with van der Waals surface area (Å²) in [7, 11) is 5.20. The van der Waals surface area contributed by atoms with Crippen molar-refractivity contribution >= 4 is 5.97 Å². The Labute approximate surface area is 159 Å². The fourth-order valence-corrected chi connectivity index (χ4v) is 3.56. The average Bonchev–Trinajstić information content (AvgIpc) is 3.04. The lowest BCUT2D eigenvalue weighted by Crippen LogP contribution is -2.30. The molecule has 2 aromatic rings. The first-order valence-electron chi connectivity index (χ1n) is 9.29. The van der Waals surface area contributed by atoms with Crippen LogP contribution in [0.3, 0.4) is 0 Å². The predicted octanol–water partition coefficient (Wildman–Crippen LogP) is 2.02. The van der Waals surface area contributed by atoms with E-state index in [1.54, 1.807) is 4.68 Å². The maximum atomic E-state index is 11.8. The molecular formula is C19H27N5O3. The molecule has 8 nitrogen and oxygen atoms in total. The minimum absolute atomic E-state index is 0.00516. The van der Waals surface area contributed by atoms with Crippen molar-refractivity contribution in [2.45, 2.75) is 45.3 Å². The number of rotatable bonds is 6. The molecular weight excluding hydrogens is 346 g/mol. The third kappa shape index (κ3) is 4.27.